The van der Waals surface area contributed by atoms with Gasteiger partial charge in [-0.1, -0.05) is 437 Å². The maximum Gasteiger partial charge on any atom is -0.00987 e. The summed E-state index contributed by atoms with van der Waals surface area (Å²) in [7, 11) is 0. The Kier molecular flexibility index (Phi) is 15.2. The lowest BCUT2D eigenvalue weighted by atomic mass is 9.95. The zero-order valence-electron chi connectivity index (χ0n) is 65.6. The van der Waals surface area contributed by atoms with Gasteiger partial charge in [0.05, 0.1) is 0 Å². The minimum atomic E-state index is 1.21. The SMILES string of the molecule is c1ccc2c3ccc(c2c1)=c1ccc(c2ccccc12)=c1ccc(c2ccccc12)=c1ccc(c2ccccc12)=c1ccc(c2ccccc12)=c1ccc(c2ccccc12)=c1ccc(c2ccccc12)=c1ccc(c2ccccc12)=c1ccc(c2ccccc12)=c1ccc(c2ccccc12)=c1ccc(c2ccccc12)=c1ccc=3c2ccccc12. The fraction of sp³-hybridized carbons (Fsp3) is 0. The van der Waals surface area contributed by atoms with Crippen molar-refractivity contribution in [2.24, 2.45) is 0 Å². The van der Waals surface area contributed by atoms with Gasteiger partial charge in [-0.05, 0) is 255 Å². The van der Waals surface area contributed by atoms with Gasteiger partial charge in [0.1, 0.15) is 0 Å². The highest BCUT2D eigenvalue weighted by Crippen LogP contribution is 2.35. The lowest BCUT2D eigenvalue weighted by Crippen LogP contribution is -1.89. The van der Waals surface area contributed by atoms with Gasteiger partial charge in [-0.2, -0.15) is 0 Å². The highest BCUT2D eigenvalue weighted by Gasteiger charge is 2.14. The molecule has 1 aliphatic carbocycles. The number of hydrogen-bond acceptors (Lipinski definition) is 0. The Hall–Kier alpha value is -15.6. The van der Waals surface area contributed by atoms with E-state index in [1.54, 1.807) is 0 Å². The van der Waals surface area contributed by atoms with Gasteiger partial charge < -0.3 is 0 Å². The third-order valence-corrected chi connectivity index (χ3v) is 26.6. The molecule has 0 aromatic heterocycles. The van der Waals surface area contributed by atoms with Crippen LogP contribution in [0.1, 0.15) is 0 Å². The average molecular weight is 1510 g/mol. The Labute approximate surface area is 686 Å². The van der Waals surface area contributed by atoms with Crippen LogP contribution in [-0.2, 0) is 0 Å². The standard InChI is InChI=1S/C120H72/c1-2-26-74-73(25-1)97-49-50-98(74)100-53-54-102(78-30-6-5-29-77(78)100)104-57-58-106(82-34-10-9-33-81(82)104)108-61-62-110(86-38-14-13-37-85(86)108)112-65-66-114(90-42-18-17-41-89(90)112)116-69-70-118(94-46-22-21-45-93(94)116)120-72-71-119(95-47-23-24-48-96(95)120)117-68-67-115(91-43-19-20-44-92(91)117)113-64-63-111(87-39-15-16-40-88(87)113)109-60-59-107(83-35-11-12-36-84(83)109)105-56-55-103(79-31-7-8-32-80(79)105)101-52-51-99(97)75-27-3-4-28-76(75)101/h1-72H. The minimum Gasteiger partial charge on any atom is -0.0616 e. The average Bonchev–Trinajstić information content (AvgIpc) is 0.740. The Morgan fingerprint density at radius 3 is 0.133 bits per heavy atom. The molecule has 0 aliphatic heterocycles. The van der Waals surface area contributed by atoms with Crippen molar-refractivity contribution < 1.29 is 0 Å². The van der Waals surface area contributed by atoms with Gasteiger partial charge in [0.15, 0.2) is 0 Å². The number of rotatable bonds is 0. The molecule has 0 amide bonds. The molecule has 0 heterocycles. The fourth-order valence-corrected chi connectivity index (χ4v) is 21.2. The smallest absolute Gasteiger partial charge is 0.00987 e. The van der Waals surface area contributed by atoms with Crippen LogP contribution in [0.3, 0.4) is 0 Å². The molecule has 0 unspecified atom stereocenters. The first kappa shape index (κ1) is 67.7. The summed E-state index contributed by atoms with van der Waals surface area (Å²) in [4.78, 5) is 0. The molecule has 24 aromatic rings. The van der Waals surface area contributed by atoms with E-state index < -0.39 is 0 Å². The lowest BCUT2D eigenvalue weighted by Gasteiger charge is -2.09. The van der Waals surface area contributed by atoms with Crippen LogP contribution in [0.2, 0.25) is 0 Å². The lowest BCUT2D eigenvalue weighted by molar-refractivity contribution is 1.47. The predicted octanol–water partition coefficient (Wildman–Crippen LogP) is 29.3. The molecule has 0 atom stereocenters. The summed E-state index contributed by atoms with van der Waals surface area (Å²) in [6.45, 7) is 0. The van der Waals surface area contributed by atoms with Crippen molar-refractivity contribution in [3.63, 3.8) is 0 Å². The minimum absolute atomic E-state index is 1.21. The van der Waals surface area contributed by atoms with Crippen molar-refractivity contribution in [3.05, 3.63) is 562 Å². The molecule has 0 radical (unpaired) electrons. The molecule has 0 saturated heterocycles. The van der Waals surface area contributed by atoms with Gasteiger partial charge in [-0.3, -0.25) is 0 Å². The Balaban J connectivity index is 0.809. The summed E-state index contributed by atoms with van der Waals surface area (Å²) in [5.41, 5.74) is 0. The van der Waals surface area contributed by atoms with Crippen molar-refractivity contribution in [3.8, 4) is 0 Å². The van der Waals surface area contributed by atoms with Gasteiger partial charge in [-0.25, -0.2) is 0 Å². The Bertz CT molecular complexity index is 7470. The van der Waals surface area contributed by atoms with Crippen LogP contribution in [0.4, 0.5) is 0 Å². The van der Waals surface area contributed by atoms with Crippen molar-refractivity contribution in [2.75, 3.05) is 0 Å². The van der Waals surface area contributed by atoms with Crippen LogP contribution in [0.25, 0.3) is 129 Å². The molecule has 25 rings (SSSR count). The fourth-order valence-electron chi connectivity index (χ4n) is 21.2. The van der Waals surface area contributed by atoms with Gasteiger partial charge in [0, 0.05) is 0 Å². The third-order valence-electron chi connectivity index (χ3n) is 26.6. The van der Waals surface area contributed by atoms with Gasteiger partial charge >= 0.3 is 0 Å². The van der Waals surface area contributed by atoms with Gasteiger partial charge in [-0.15, -0.1) is 0 Å². The first-order valence-electron chi connectivity index (χ1n) is 41.9. The Morgan fingerprint density at radius 2 is 0.0917 bits per heavy atom. The van der Waals surface area contributed by atoms with E-state index >= 15 is 0 Å². The molecule has 0 saturated carbocycles. The molecule has 24 bridgehead atoms. The van der Waals surface area contributed by atoms with E-state index in [2.05, 4.69) is 437 Å². The summed E-state index contributed by atoms with van der Waals surface area (Å²) in [5, 5.41) is 58.4. The summed E-state index contributed by atoms with van der Waals surface area (Å²) >= 11 is 0. The number of hydrogen-bond donors (Lipinski definition) is 0. The molecular formula is C120H72. The second kappa shape index (κ2) is 27.0. The molecular weight excluding hydrogens is 1440 g/mol. The van der Waals surface area contributed by atoms with Gasteiger partial charge in [0.2, 0.25) is 0 Å². The molecule has 0 nitrogen and oxygen atoms in total. The van der Waals surface area contributed by atoms with Crippen LogP contribution in [0, 0.1) is 125 Å². The van der Waals surface area contributed by atoms with E-state index in [4.69, 9.17) is 0 Å². The zero-order valence-corrected chi connectivity index (χ0v) is 65.6. The molecule has 120 heavy (non-hydrogen) atoms. The van der Waals surface area contributed by atoms with E-state index in [1.165, 1.54) is 255 Å². The Morgan fingerprint density at radius 1 is 0.0500 bits per heavy atom. The molecule has 0 N–H and O–H groups in total. The molecule has 0 fully saturated rings. The highest BCUT2D eigenvalue weighted by molar-refractivity contribution is 5.98. The van der Waals surface area contributed by atoms with Crippen molar-refractivity contribution in [1.82, 2.24) is 0 Å². The first-order chi connectivity index (χ1) is 59.6. The normalized spacial score (nSPS) is 12.0. The van der Waals surface area contributed by atoms with E-state index in [1.807, 2.05) is 0 Å². The van der Waals surface area contributed by atoms with Crippen LogP contribution in [-0.4, -0.2) is 0 Å². The first-order valence-corrected chi connectivity index (χ1v) is 41.9. The molecule has 0 spiro atoms. The summed E-state index contributed by atoms with van der Waals surface area (Å²) < 4.78 is 0. The van der Waals surface area contributed by atoms with E-state index in [0.717, 1.165) is 0 Å². The van der Waals surface area contributed by atoms with Gasteiger partial charge in [0.25, 0.3) is 0 Å². The second-order valence-electron chi connectivity index (χ2n) is 32.5. The monoisotopic (exact) mass is 1510 g/mol. The van der Waals surface area contributed by atoms with Crippen LogP contribution in [0.15, 0.2) is 437 Å². The predicted molar refractivity (Wildman–Crippen MR) is 499 cm³/mol. The van der Waals surface area contributed by atoms with E-state index in [0.29, 0.717) is 0 Å². The van der Waals surface area contributed by atoms with E-state index in [-0.39, 0.29) is 0 Å². The molecule has 0 heteroatoms. The maximum absolute atomic E-state index is 2.38. The number of benzene rings is 24. The van der Waals surface area contributed by atoms with Crippen LogP contribution >= 0.6 is 0 Å². The quantitative estimate of drug-likeness (QED) is 0.142. The van der Waals surface area contributed by atoms with E-state index in [9.17, 15) is 0 Å². The maximum atomic E-state index is 2.38. The zero-order chi connectivity index (χ0) is 78.6. The molecule has 24 aromatic carbocycles. The molecule has 1 aliphatic rings. The van der Waals surface area contributed by atoms with Crippen LogP contribution < -0.4 is 0 Å². The van der Waals surface area contributed by atoms with Crippen molar-refractivity contribution in [2.45, 2.75) is 0 Å². The second-order valence-corrected chi connectivity index (χ2v) is 32.5. The van der Waals surface area contributed by atoms with Crippen molar-refractivity contribution in [1.29, 1.82) is 0 Å². The highest BCUT2D eigenvalue weighted by atomic mass is 14.2. The summed E-state index contributed by atoms with van der Waals surface area (Å²) in [6.07, 6.45) is 0. The summed E-state index contributed by atoms with van der Waals surface area (Å²) in [6, 6.07) is 166. The largest absolute Gasteiger partial charge is 0.0616 e. The third kappa shape index (κ3) is 10.3. The van der Waals surface area contributed by atoms with Crippen LogP contribution in [0.5, 0.6) is 0 Å². The summed E-state index contributed by atoms with van der Waals surface area (Å²) in [5.74, 6) is 0. The van der Waals surface area contributed by atoms with Crippen molar-refractivity contribution >= 4 is 129 Å². The molecule has 552 valence electrons. The topological polar surface area (TPSA) is 0 Å².